The molecule has 0 aliphatic carbocycles. The number of aryl methyl sites for hydroxylation is 1. The van der Waals surface area contributed by atoms with E-state index in [1.165, 1.54) is 4.31 Å². The maximum Gasteiger partial charge on any atom is 0.255 e. The van der Waals surface area contributed by atoms with E-state index in [1.807, 2.05) is 0 Å². The molecule has 0 N–H and O–H groups in total. The summed E-state index contributed by atoms with van der Waals surface area (Å²) in [6, 6.07) is 0. The van der Waals surface area contributed by atoms with Crippen molar-refractivity contribution in [1.82, 2.24) is 14.4 Å². The summed E-state index contributed by atoms with van der Waals surface area (Å²) in [7, 11) is -3.14. The van der Waals surface area contributed by atoms with Crippen LogP contribution in [-0.4, -0.2) is 47.8 Å². The zero-order chi connectivity index (χ0) is 14.3. The first-order valence-electron chi connectivity index (χ1n) is 6.93. The molecule has 2 aliphatic heterocycles. The van der Waals surface area contributed by atoms with Gasteiger partial charge >= 0.3 is 0 Å². The standard InChI is InChI=1S/C12H19N3O4S/c1-3-20(16,17)15-5-4-9-6-10(18-11(9)7-15)12-13-8(2)14-19-12/h9-11H,3-7H2,1-2H3/t9-,10+,11+/m0/s1. The van der Waals surface area contributed by atoms with Gasteiger partial charge in [0.15, 0.2) is 5.82 Å². The van der Waals surface area contributed by atoms with Gasteiger partial charge in [0, 0.05) is 13.1 Å². The average molecular weight is 301 g/mol. The highest BCUT2D eigenvalue weighted by Crippen LogP contribution is 2.40. The van der Waals surface area contributed by atoms with E-state index in [0.29, 0.717) is 30.7 Å². The molecule has 1 aromatic rings. The van der Waals surface area contributed by atoms with E-state index < -0.39 is 10.0 Å². The van der Waals surface area contributed by atoms with Crippen LogP contribution >= 0.6 is 0 Å². The van der Waals surface area contributed by atoms with E-state index in [2.05, 4.69) is 10.1 Å². The molecule has 0 aromatic carbocycles. The Morgan fingerprint density at radius 3 is 2.90 bits per heavy atom. The molecule has 2 saturated heterocycles. The quantitative estimate of drug-likeness (QED) is 0.824. The van der Waals surface area contributed by atoms with Gasteiger partial charge in [0.1, 0.15) is 6.10 Å². The van der Waals surface area contributed by atoms with Crippen molar-refractivity contribution in [3.05, 3.63) is 11.7 Å². The van der Waals surface area contributed by atoms with Crippen molar-refractivity contribution in [2.75, 3.05) is 18.8 Å². The first-order valence-corrected chi connectivity index (χ1v) is 8.54. The summed E-state index contributed by atoms with van der Waals surface area (Å²) < 4.78 is 36.5. The summed E-state index contributed by atoms with van der Waals surface area (Å²) >= 11 is 0. The van der Waals surface area contributed by atoms with Gasteiger partial charge in [-0.25, -0.2) is 8.42 Å². The fourth-order valence-corrected chi connectivity index (χ4v) is 4.06. The lowest BCUT2D eigenvalue weighted by molar-refractivity contribution is -0.00201. The number of aromatic nitrogens is 2. The van der Waals surface area contributed by atoms with Gasteiger partial charge in [-0.05, 0) is 32.6 Å². The van der Waals surface area contributed by atoms with Crippen LogP contribution in [0.2, 0.25) is 0 Å². The summed E-state index contributed by atoms with van der Waals surface area (Å²) in [4.78, 5) is 4.20. The van der Waals surface area contributed by atoms with Crippen LogP contribution in [0.15, 0.2) is 4.52 Å². The van der Waals surface area contributed by atoms with Crippen molar-refractivity contribution >= 4 is 10.0 Å². The first kappa shape index (κ1) is 14.0. The van der Waals surface area contributed by atoms with E-state index in [4.69, 9.17) is 9.26 Å². The maximum absolute atomic E-state index is 11.9. The fourth-order valence-electron chi connectivity index (χ4n) is 2.94. The number of ether oxygens (including phenoxy) is 1. The fraction of sp³-hybridized carbons (Fsp3) is 0.833. The number of piperidine rings is 1. The number of hydrogen-bond donors (Lipinski definition) is 0. The van der Waals surface area contributed by atoms with Crippen LogP contribution in [0.3, 0.4) is 0 Å². The van der Waals surface area contributed by atoms with E-state index in [9.17, 15) is 8.42 Å². The Morgan fingerprint density at radius 1 is 1.45 bits per heavy atom. The van der Waals surface area contributed by atoms with Gasteiger partial charge < -0.3 is 9.26 Å². The Bertz CT molecular complexity index is 585. The molecule has 7 nitrogen and oxygen atoms in total. The van der Waals surface area contributed by atoms with Crippen molar-refractivity contribution in [3.8, 4) is 0 Å². The first-order chi connectivity index (χ1) is 9.49. The number of fused-ring (bicyclic) bond motifs is 1. The van der Waals surface area contributed by atoms with Crippen LogP contribution in [0, 0.1) is 12.8 Å². The lowest BCUT2D eigenvalue weighted by Crippen LogP contribution is -2.45. The lowest BCUT2D eigenvalue weighted by atomic mass is 9.93. The predicted molar refractivity (Wildman–Crippen MR) is 70.4 cm³/mol. The number of hydrogen-bond acceptors (Lipinski definition) is 6. The second kappa shape index (κ2) is 5.09. The molecule has 3 atom stereocenters. The Balaban J connectivity index is 1.70. The summed E-state index contributed by atoms with van der Waals surface area (Å²) in [6.45, 7) is 4.45. The number of rotatable bonds is 3. The summed E-state index contributed by atoms with van der Waals surface area (Å²) in [5.74, 6) is 1.60. The molecule has 2 aliphatic rings. The average Bonchev–Trinajstić information content (AvgIpc) is 3.03. The molecule has 1 aromatic heterocycles. The normalized spacial score (nSPS) is 31.4. The Kier molecular flexibility index (Phi) is 3.55. The molecule has 3 rings (SSSR count). The molecule has 0 saturated carbocycles. The van der Waals surface area contributed by atoms with Gasteiger partial charge in [-0.2, -0.15) is 9.29 Å². The van der Waals surface area contributed by atoms with Crippen LogP contribution in [0.25, 0.3) is 0 Å². The van der Waals surface area contributed by atoms with Gasteiger partial charge in [0.25, 0.3) is 5.89 Å². The molecule has 20 heavy (non-hydrogen) atoms. The molecule has 0 spiro atoms. The van der Waals surface area contributed by atoms with Gasteiger partial charge in [-0.1, -0.05) is 5.16 Å². The van der Waals surface area contributed by atoms with E-state index in [1.54, 1.807) is 13.8 Å². The zero-order valence-electron chi connectivity index (χ0n) is 11.7. The van der Waals surface area contributed by atoms with Crippen molar-refractivity contribution < 1.29 is 17.7 Å². The Morgan fingerprint density at radius 2 is 2.25 bits per heavy atom. The third kappa shape index (κ3) is 2.47. The molecule has 0 unspecified atom stereocenters. The highest BCUT2D eigenvalue weighted by molar-refractivity contribution is 7.89. The monoisotopic (exact) mass is 301 g/mol. The highest BCUT2D eigenvalue weighted by Gasteiger charge is 2.43. The molecule has 0 amide bonds. The second-order valence-corrected chi connectivity index (χ2v) is 7.64. The largest absolute Gasteiger partial charge is 0.363 e. The highest BCUT2D eigenvalue weighted by atomic mass is 32.2. The second-order valence-electron chi connectivity index (χ2n) is 5.39. The van der Waals surface area contributed by atoms with Crippen molar-refractivity contribution in [1.29, 1.82) is 0 Å². The topological polar surface area (TPSA) is 85.5 Å². The van der Waals surface area contributed by atoms with Crippen molar-refractivity contribution in [3.63, 3.8) is 0 Å². The molecular weight excluding hydrogens is 282 g/mol. The summed E-state index contributed by atoms with van der Waals surface area (Å²) in [5, 5.41) is 3.77. The van der Waals surface area contributed by atoms with Crippen LogP contribution in [0.5, 0.6) is 0 Å². The van der Waals surface area contributed by atoms with Crippen LogP contribution < -0.4 is 0 Å². The maximum atomic E-state index is 11.9. The summed E-state index contributed by atoms with van der Waals surface area (Å²) in [6.07, 6.45) is 1.39. The molecular formula is C12H19N3O4S. The minimum absolute atomic E-state index is 0.0673. The molecule has 2 fully saturated rings. The third-order valence-electron chi connectivity index (χ3n) is 4.09. The Hall–Kier alpha value is -0.990. The van der Waals surface area contributed by atoms with Crippen LogP contribution in [-0.2, 0) is 14.8 Å². The number of sulfonamides is 1. The van der Waals surface area contributed by atoms with Gasteiger partial charge in [0.05, 0.1) is 11.9 Å². The third-order valence-corrected chi connectivity index (χ3v) is 5.94. The Labute approximate surface area is 118 Å². The van der Waals surface area contributed by atoms with Crippen LogP contribution in [0.1, 0.15) is 37.6 Å². The summed E-state index contributed by atoms with van der Waals surface area (Å²) in [5.41, 5.74) is 0. The number of nitrogens with zero attached hydrogens (tertiary/aromatic N) is 3. The zero-order valence-corrected chi connectivity index (χ0v) is 12.5. The van der Waals surface area contributed by atoms with E-state index in [-0.39, 0.29) is 18.0 Å². The van der Waals surface area contributed by atoms with Crippen molar-refractivity contribution in [2.24, 2.45) is 5.92 Å². The molecule has 8 heteroatoms. The van der Waals surface area contributed by atoms with Gasteiger partial charge in [-0.15, -0.1) is 0 Å². The van der Waals surface area contributed by atoms with Gasteiger partial charge in [0.2, 0.25) is 10.0 Å². The van der Waals surface area contributed by atoms with Crippen LogP contribution in [0.4, 0.5) is 0 Å². The predicted octanol–water partition coefficient (Wildman–Crippen LogP) is 0.880. The SMILES string of the molecule is CCS(=O)(=O)N1CC[C@H]2C[C@H](c3nc(C)no3)O[C@@H]2C1. The van der Waals surface area contributed by atoms with Gasteiger partial charge in [-0.3, -0.25) is 0 Å². The minimum Gasteiger partial charge on any atom is -0.363 e. The van der Waals surface area contributed by atoms with E-state index >= 15 is 0 Å². The molecule has 0 radical (unpaired) electrons. The molecule has 112 valence electrons. The smallest absolute Gasteiger partial charge is 0.255 e. The minimum atomic E-state index is -3.14. The molecule has 3 heterocycles. The van der Waals surface area contributed by atoms with E-state index in [0.717, 1.165) is 12.8 Å². The molecule has 0 bridgehead atoms. The lowest BCUT2D eigenvalue weighted by Gasteiger charge is -2.32. The van der Waals surface area contributed by atoms with Crippen molar-refractivity contribution in [2.45, 2.75) is 38.9 Å².